The summed E-state index contributed by atoms with van der Waals surface area (Å²) in [7, 11) is 0. The number of hydrogen-bond donors (Lipinski definition) is 1. The molecule has 3 aromatic heterocycles. The van der Waals surface area contributed by atoms with Crippen LogP contribution in [0.1, 0.15) is 96.5 Å². The maximum absolute atomic E-state index is 10.9. The number of H-pyrrole nitrogens is 1. The fourth-order valence-electron chi connectivity index (χ4n) is 3.23. The van der Waals surface area contributed by atoms with Crippen LogP contribution in [0.2, 0.25) is 0 Å². The Morgan fingerprint density at radius 1 is 0.711 bits per heavy atom. The van der Waals surface area contributed by atoms with Crippen LogP contribution in [0, 0.1) is 5.92 Å². The quantitative estimate of drug-likeness (QED) is 0.382. The van der Waals surface area contributed by atoms with Gasteiger partial charge in [-0.3, -0.25) is 19.6 Å². The van der Waals surface area contributed by atoms with E-state index in [0.717, 1.165) is 17.0 Å². The highest BCUT2D eigenvalue weighted by Gasteiger charge is 2.06. The van der Waals surface area contributed by atoms with Crippen molar-refractivity contribution in [3.05, 3.63) is 118 Å². The number of carbonyl (C=O) groups is 1. The standard InChI is InChI=1S/C9H12O.C8H11NO.2C8H11N/c1-7(2)8-4-3-5-9(10)6-8;1-6(2)7-4-3-5-8(10)9-7;1-7(2)8-3-5-9-6-4-8;1-7(2)8-5-3-4-6-9-8/h3-4,6-7H,5H2,1-2H3;3-6H,1-2H3,(H,9,10);2*3-7H,1-2H3. The van der Waals surface area contributed by atoms with E-state index < -0.39 is 0 Å². The number of allylic oxidation sites excluding steroid dienone is 4. The van der Waals surface area contributed by atoms with Gasteiger partial charge in [-0.15, -0.1) is 0 Å². The molecule has 0 bridgehead atoms. The van der Waals surface area contributed by atoms with Crippen LogP contribution in [0.15, 0.2) is 95.7 Å². The summed E-state index contributed by atoms with van der Waals surface area (Å²) in [5, 5.41) is 0. The normalized spacial score (nSPS) is 12.2. The van der Waals surface area contributed by atoms with E-state index >= 15 is 0 Å². The van der Waals surface area contributed by atoms with Crippen LogP contribution < -0.4 is 5.56 Å². The van der Waals surface area contributed by atoms with Gasteiger partial charge in [-0.2, -0.15) is 0 Å². The lowest BCUT2D eigenvalue weighted by Crippen LogP contribution is -2.06. The van der Waals surface area contributed by atoms with Crippen molar-refractivity contribution in [1.82, 2.24) is 15.0 Å². The molecule has 5 heteroatoms. The summed E-state index contributed by atoms with van der Waals surface area (Å²) in [5.41, 5.74) is 4.64. The number of aromatic amines is 1. The Balaban J connectivity index is 0.000000254. The molecule has 1 N–H and O–H groups in total. The Kier molecular flexibility index (Phi) is 15.2. The van der Waals surface area contributed by atoms with E-state index in [-0.39, 0.29) is 11.3 Å². The third-order valence-corrected chi connectivity index (χ3v) is 5.69. The van der Waals surface area contributed by atoms with Crippen molar-refractivity contribution < 1.29 is 4.79 Å². The minimum Gasteiger partial charge on any atom is -0.326 e. The first-order valence-electron chi connectivity index (χ1n) is 13.4. The van der Waals surface area contributed by atoms with E-state index in [9.17, 15) is 9.59 Å². The number of rotatable bonds is 4. The van der Waals surface area contributed by atoms with Crippen LogP contribution in [0.4, 0.5) is 0 Å². The lowest BCUT2D eigenvalue weighted by Gasteiger charge is -2.08. The van der Waals surface area contributed by atoms with Gasteiger partial charge in [-0.25, -0.2) is 0 Å². The average Bonchev–Trinajstić information content (AvgIpc) is 2.91. The summed E-state index contributed by atoms with van der Waals surface area (Å²) in [4.78, 5) is 32.4. The molecule has 3 heterocycles. The van der Waals surface area contributed by atoms with E-state index in [1.807, 2.05) is 81.0 Å². The van der Waals surface area contributed by atoms with Gasteiger partial charge in [0.15, 0.2) is 5.78 Å². The fourth-order valence-corrected chi connectivity index (χ4v) is 3.23. The summed E-state index contributed by atoms with van der Waals surface area (Å²) in [6.07, 6.45) is 11.8. The second-order valence-electron chi connectivity index (χ2n) is 10.3. The van der Waals surface area contributed by atoms with E-state index in [0.29, 0.717) is 30.1 Å². The predicted molar refractivity (Wildman–Crippen MR) is 159 cm³/mol. The Bertz CT molecular complexity index is 1130. The Morgan fingerprint density at radius 2 is 1.39 bits per heavy atom. The van der Waals surface area contributed by atoms with Crippen molar-refractivity contribution in [3.63, 3.8) is 0 Å². The first-order chi connectivity index (χ1) is 18.0. The number of nitrogens with zero attached hydrogens (tertiary/aromatic N) is 2. The highest BCUT2D eigenvalue weighted by Crippen LogP contribution is 2.15. The Labute approximate surface area is 229 Å². The third kappa shape index (κ3) is 13.6. The highest BCUT2D eigenvalue weighted by molar-refractivity contribution is 5.93. The van der Waals surface area contributed by atoms with E-state index in [1.165, 1.54) is 11.6 Å². The second-order valence-corrected chi connectivity index (χ2v) is 10.3. The van der Waals surface area contributed by atoms with Crippen LogP contribution in [0.25, 0.3) is 0 Å². The molecular formula is C33H45N3O2. The largest absolute Gasteiger partial charge is 0.326 e. The highest BCUT2D eigenvalue weighted by atomic mass is 16.1. The minimum absolute atomic E-state index is 0.0220. The number of aromatic nitrogens is 3. The molecule has 5 nitrogen and oxygen atoms in total. The van der Waals surface area contributed by atoms with E-state index in [1.54, 1.807) is 12.1 Å². The van der Waals surface area contributed by atoms with Crippen LogP contribution in [-0.4, -0.2) is 20.7 Å². The molecule has 0 amide bonds. The zero-order valence-corrected chi connectivity index (χ0v) is 24.3. The third-order valence-electron chi connectivity index (χ3n) is 5.69. The number of carbonyl (C=O) groups excluding carboxylic acids is 1. The molecule has 0 unspecified atom stereocenters. The molecule has 3 aromatic rings. The molecule has 0 fully saturated rings. The van der Waals surface area contributed by atoms with Gasteiger partial charge in [-0.1, -0.05) is 79.7 Å². The average molecular weight is 516 g/mol. The SMILES string of the molecule is CC(C)C1=CC(=O)CC=C1.CC(C)c1cccc(=O)[nH]1.CC(C)c1ccccn1.CC(C)c1ccncc1. The maximum Gasteiger partial charge on any atom is 0.248 e. The fraction of sp³-hybridized carbons (Fsp3) is 0.394. The molecule has 0 radical (unpaired) electrons. The van der Waals surface area contributed by atoms with Gasteiger partial charge in [0.25, 0.3) is 0 Å². The summed E-state index contributed by atoms with van der Waals surface area (Å²) in [5.74, 6) is 2.26. The zero-order chi connectivity index (χ0) is 28.5. The van der Waals surface area contributed by atoms with Gasteiger partial charge >= 0.3 is 0 Å². The first-order valence-corrected chi connectivity index (χ1v) is 13.4. The van der Waals surface area contributed by atoms with Gasteiger partial charge in [0, 0.05) is 42.5 Å². The number of nitrogens with one attached hydrogen (secondary N) is 1. The van der Waals surface area contributed by atoms with E-state index in [4.69, 9.17) is 0 Å². The van der Waals surface area contributed by atoms with Crippen molar-refractivity contribution >= 4 is 5.78 Å². The molecule has 38 heavy (non-hydrogen) atoms. The molecule has 1 aliphatic carbocycles. The summed E-state index contributed by atoms with van der Waals surface area (Å²) in [6, 6.07) is 15.3. The van der Waals surface area contributed by atoms with Crippen molar-refractivity contribution in [2.24, 2.45) is 5.92 Å². The van der Waals surface area contributed by atoms with Gasteiger partial charge in [-0.05, 0) is 71.2 Å². The molecule has 0 atom stereocenters. The predicted octanol–water partition coefficient (Wildman–Crippen LogP) is 8.01. The van der Waals surface area contributed by atoms with Gasteiger partial charge in [0.1, 0.15) is 0 Å². The van der Waals surface area contributed by atoms with Gasteiger partial charge in [0.05, 0.1) is 0 Å². The monoisotopic (exact) mass is 515 g/mol. The second kappa shape index (κ2) is 17.8. The van der Waals surface area contributed by atoms with Crippen LogP contribution >= 0.6 is 0 Å². The van der Waals surface area contributed by atoms with Crippen molar-refractivity contribution in [2.45, 2.75) is 79.6 Å². The zero-order valence-electron chi connectivity index (χ0n) is 24.3. The van der Waals surface area contributed by atoms with Gasteiger partial charge < -0.3 is 4.98 Å². The molecule has 0 saturated carbocycles. The van der Waals surface area contributed by atoms with Crippen molar-refractivity contribution in [3.8, 4) is 0 Å². The lowest BCUT2D eigenvalue weighted by atomic mass is 9.97. The number of ketones is 1. The maximum atomic E-state index is 10.9. The number of pyridine rings is 3. The van der Waals surface area contributed by atoms with Crippen molar-refractivity contribution in [1.29, 1.82) is 0 Å². The van der Waals surface area contributed by atoms with Crippen LogP contribution in [0.5, 0.6) is 0 Å². The first kappa shape index (κ1) is 32.4. The summed E-state index contributed by atoms with van der Waals surface area (Å²) in [6.45, 7) is 16.9. The number of hydrogen-bond acceptors (Lipinski definition) is 4. The van der Waals surface area contributed by atoms with Gasteiger partial charge in [0.2, 0.25) is 5.56 Å². The molecule has 0 aliphatic heterocycles. The molecule has 0 aromatic carbocycles. The topological polar surface area (TPSA) is 75.7 Å². The lowest BCUT2D eigenvalue weighted by molar-refractivity contribution is -0.114. The smallest absolute Gasteiger partial charge is 0.248 e. The van der Waals surface area contributed by atoms with Crippen LogP contribution in [0.3, 0.4) is 0 Å². The molecular weight excluding hydrogens is 470 g/mol. The summed E-state index contributed by atoms with van der Waals surface area (Å²) < 4.78 is 0. The van der Waals surface area contributed by atoms with Crippen molar-refractivity contribution in [2.75, 3.05) is 0 Å². The Morgan fingerprint density at radius 3 is 1.76 bits per heavy atom. The minimum atomic E-state index is -0.0220. The van der Waals surface area contributed by atoms with E-state index in [2.05, 4.69) is 56.5 Å². The van der Waals surface area contributed by atoms with Crippen LogP contribution in [-0.2, 0) is 4.79 Å². The molecule has 1 aliphatic rings. The Hall–Kier alpha value is -3.60. The summed E-state index contributed by atoms with van der Waals surface area (Å²) >= 11 is 0. The molecule has 204 valence electrons. The molecule has 0 spiro atoms. The molecule has 4 rings (SSSR count). The molecule has 0 saturated heterocycles.